The number of aryl methyl sites for hydroxylation is 1. The highest BCUT2D eigenvalue weighted by molar-refractivity contribution is 5.70. The van der Waals surface area contributed by atoms with E-state index in [1.165, 1.54) is 6.42 Å². The van der Waals surface area contributed by atoms with E-state index >= 15 is 0 Å². The summed E-state index contributed by atoms with van der Waals surface area (Å²) in [5.41, 5.74) is 3.25. The van der Waals surface area contributed by atoms with Gasteiger partial charge in [-0.15, -0.1) is 5.10 Å². The van der Waals surface area contributed by atoms with Crippen LogP contribution in [0, 0.1) is 6.92 Å². The van der Waals surface area contributed by atoms with Gasteiger partial charge in [-0.25, -0.2) is 0 Å². The number of aromatic amines is 1. The Hall–Kier alpha value is -2.03. The Bertz CT molecular complexity index is 572. The molecule has 0 fully saturated rings. The third-order valence-corrected chi connectivity index (χ3v) is 3.45. The summed E-state index contributed by atoms with van der Waals surface area (Å²) >= 11 is 0. The molecule has 98 valence electrons. The van der Waals surface area contributed by atoms with E-state index in [1.54, 1.807) is 0 Å². The Labute approximate surface area is 113 Å². The van der Waals surface area contributed by atoms with Gasteiger partial charge in [-0.1, -0.05) is 36.4 Å². The van der Waals surface area contributed by atoms with Crippen molar-refractivity contribution in [3.63, 3.8) is 0 Å². The number of hydrogen-bond donors (Lipinski definition) is 1. The summed E-state index contributed by atoms with van der Waals surface area (Å²) in [6, 6.07) is 10.3. The number of ether oxygens (including phenoxy) is 1. The Balaban J connectivity index is 1.90. The summed E-state index contributed by atoms with van der Waals surface area (Å²) < 4.78 is 6.03. The maximum absolute atomic E-state index is 6.03. The van der Waals surface area contributed by atoms with Crippen molar-refractivity contribution in [1.82, 2.24) is 10.2 Å². The van der Waals surface area contributed by atoms with Crippen LogP contribution in [0.3, 0.4) is 0 Å². The molecule has 0 saturated heterocycles. The van der Waals surface area contributed by atoms with Gasteiger partial charge in [-0.2, -0.15) is 0 Å². The number of benzene rings is 1. The smallest absolute Gasteiger partial charge is 0.241 e. The predicted octanol–water partition coefficient (Wildman–Crippen LogP) is 3.87. The molecule has 1 N–H and O–H groups in total. The maximum Gasteiger partial charge on any atom is 0.241 e. The van der Waals surface area contributed by atoms with Crippen molar-refractivity contribution in [2.75, 3.05) is 0 Å². The molecule has 1 unspecified atom stereocenters. The van der Waals surface area contributed by atoms with E-state index in [0.29, 0.717) is 5.88 Å². The highest BCUT2D eigenvalue weighted by Crippen LogP contribution is 2.32. The second kappa shape index (κ2) is 5.31. The highest BCUT2D eigenvalue weighted by Gasteiger charge is 2.17. The summed E-state index contributed by atoms with van der Waals surface area (Å²) in [5.74, 6) is 0.709. The molecule has 0 bridgehead atoms. The van der Waals surface area contributed by atoms with E-state index in [-0.39, 0.29) is 6.10 Å². The molecule has 3 heteroatoms. The monoisotopic (exact) mass is 254 g/mol. The Morgan fingerprint density at radius 3 is 2.84 bits per heavy atom. The molecular formula is C16H18N2O. The van der Waals surface area contributed by atoms with Gasteiger partial charge in [0.25, 0.3) is 0 Å². The van der Waals surface area contributed by atoms with Crippen LogP contribution in [0.5, 0.6) is 5.88 Å². The Morgan fingerprint density at radius 2 is 2.11 bits per heavy atom. The van der Waals surface area contributed by atoms with Crippen molar-refractivity contribution in [1.29, 1.82) is 0 Å². The molecule has 0 radical (unpaired) electrons. The zero-order chi connectivity index (χ0) is 13.1. The number of allylic oxidation sites excluding steroid dienone is 1. The van der Waals surface area contributed by atoms with Gasteiger partial charge in [-0.3, -0.25) is 5.10 Å². The molecule has 1 aliphatic carbocycles. The van der Waals surface area contributed by atoms with Gasteiger partial charge in [0.15, 0.2) is 0 Å². The molecule has 1 aromatic heterocycles. The minimum atomic E-state index is 0.152. The first-order valence-corrected chi connectivity index (χ1v) is 6.78. The van der Waals surface area contributed by atoms with Crippen molar-refractivity contribution < 1.29 is 4.74 Å². The van der Waals surface area contributed by atoms with E-state index in [4.69, 9.17) is 4.74 Å². The first-order valence-electron chi connectivity index (χ1n) is 6.78. The largest absolute Gasteiger partial charge is 0.469 e. The molecular weight excluding hydrogens is 236 g/mol. The van der Waals surface area contributed by atoms with Crippen LogP contribution in [0.25, 0.3) is 11.1 Å². The normalized spacial score (nSPS) is 18.5. The molecule has 2 aromatic rings. The zero-order valence-electron chi connectivity index (χ0n) is 11.1. The van der Waals surface area contributed by atoms with Gasteiger partial charge < -0.3 is 4.74 Å². The van der Waals surface area contributed by atoms with Gasteiger partial charge >= 0.3 is 0 Å². The van der Waals surface area contributed by atoms with Crippen LogP contribution >= 0.6 is 0 Å². The number of nitrogens with zero attached hydrogens (tertiary/aromatic N) is 1. The Morgan fingerprint density at radius 1 is 1.26 bits per heavy atom. The second-order valence-electron chi connectivity index (χ2n) is 4.91. The lowest BCUT2D eigenvalue weighted by molar-refractivity contribution is 0.221. The minimum absolute atomic E-state index is 0.152. The quantitative estimate of drug-likeness (QED) is 0.844. The van der Waals surface area contributed by atoms with Gasteiger partial charge in [0.2, 0.25) is 5.88 Å². The molecule has 1 atom stereocenters. The van der Waals surface area contributed by atoms with Gasteiger partial charge in [0.1, 0.15) is 6.10 Å². The van der Waals surface area contributed by atoms with Crippen LogP contribution in [0.15, 0.2) is 42.5 Å². The van der Waals surface area contributed by atoms with Crippen molar-refractivity contribution in [3.8, 4) is 17.0 Å². The SMILES string of the molecule is Cc1[nH]nc(OC2C=CCCC2)c1-c1ccccc1. The molecule has 3 rings (SSSR count). The van der Waals surface area contributed by atoms with Crippen molar-refractivity contribution in [2.24, 2.45) is 0 Å². The van der Waals surface area contributed by atoms with E-state index in [1.807, 2.05) is 25.1 Å². The highest BCUT2D eigenvalue weighted by atomic mass is 16.5. The van der Waals surface area contributed by atoms with Crippen LogP contribution in [0.2, 0.25) is 0 Å². The fourth-order valence-electron chi connectivity index (χ4n) is 2.46. The van der Waals surface area contributed by atoms with Gasteiger partial charge in [0, 0.05) is 5.69 Å². The van der Waals surface area contributed by atoms with Crippen LogP contribution in [0.1, 0.15) is 25.0 Å². The Kier molecular flexibility index (Phi) is 3.36. The van der Waals surface area contributed by atoms with E-state index in [0.717, 1.165) is 29.7 Å². The molecule has 3 nitrogen and oxygen atoms in total. The number of H-pyrrole nitrogens is 1. The van der Waals surface area contributed by atoms with Crippen LogP contribution in [-0.2, 0) is 0 Å². The molecule has 19 heavy (non-hydrogen) atoms. The predicted molar refractivity (Wildman–Crippen MR) is 76.2 cm³/mol. The maximum atomic E-state index is 6.03. The third kappa shape index (κ3) is 2.55. The van der Waals surface area contributed by atoms with E-state index in [9.17, 15) is 0 Å². The molecule has 1 heterocycles. The number of rotatable bonds is 3. The summed E-state index contributed by atoms with van der Waals surface area (Å²) in [6.45, 7) is 2.03. The molecule has 0 aliphatic heterocycles. The van der Waals surface area contributed by atoms with E-state index in [2.05, 4.69) is 34.5 Å². The summed E-state index contributed by atoms with van der Waals surface area (Å²) in [7, 11) is 0. The first-order chi connectivity index (χ1) is 9.34. The fraction of sp³-hybridized carbons (Fsp3) is 0.312. The topological polar surface area (TPSA) is 37.9 Å². The average Bonchev–Trinajstić information content (AvgIpc) is 2.82. The van der Waals surface area contributed by atoms with Crippen LogP contribution in [-0.4, -0.2) is 16.3 Å². The van der Waals surface area contributed by atoms with Crippen molar-refractivity contribution in [3.05, 3.63) is 48.2 Å². The lowest BCUT2D eigenvalue weighted by Gasteiger charge is -2.17. The minimum Gasteiger partial charge on any atom is -0.469 e. The van der Waals surface area contributed by atoms with Gasteiger partial charge in [-0.05, 0) is 37.8 Å². The lowest BCUT2D eigenvalue weighted by Crippen LogP contribution is -2.16. The average molecular weight is 254 g/mol. The first kappa shape index (κ1) is 12.0. The summed E-state index contributed by atoms with van der Waals surface area (Å²) in [5, 5.41) is 7.33. The second-order valence-corrected chi connectivity index (χ2v) is 4.91. The zero-order valence-corrected chi connectivity index (χ0v) is 11.1. The number of nitrogens with one attached hydrogen (secondary N) is 1. The van der Waals surface area contributed by atoms with Gasteiger partial charge in [0.05, 0.1) is 5.56 Å². The number of hydrogen-bond acceptors (Lipinski definition) is 2. The standard InChI is InChI=1S/C16H18N2O/c1-12-15(13-8-4-2-5-9-13)16(18-17-12)19-14-10-6-3-7-11-14/h2,4-6,8-10,14H,3,7,11H2,1H3,(H,17,18). The van der Waals surface area contributed by atoms with Crippen LogP contribution < -0.4 is 4.74 Å². The van der Waals surface area contributed by atoms with E-state index < -0.39 is 0 Å². The molecule has 1 aromatic carbocycles. The molecule has 0 spiro atoms. The van der Waals surface area contributed by atoms with Crippen LogP contribution in [0.4, 0.5) is 0 Å². The third-order valence-electron chi connectivity index (χ3n) is 3.45. The van der Waals surface area contributed by atoms with Crippen molar-refractivity contribution >= 4 is 0 Å². The molecule has 1 aliphatic rings. The summed E-state index contributed by atoms with van der Waals surface area (Å²) in [4.78, 5) is 0. The number of aromatic nitrogens is 2. The fourth-order valence-corrected chi connectivity index (χ4v) is 2.46. The lowest BCUT2D eigenvalue weighted by atomic mass is 10.0. The summed E-state index contributed by atoms with van der Waals surface area (Å²) in [6.07, 6.45) is 7.89. The molecule has 0 saturated carbocycles. The molecule has 0 amide bonds. The van der Waals surface area contributed by atoms with Crippen molar-refractivity contribution in [2.45, 2.75) is 32.3 Å².